The summed E-state index contributed by atoms with van der Waals surface area (Å²) in [6, 6.07) is 50.7. The molecule has 8 aromatic carbocycles. The van der Waals surface area contributed by atoms with Gasteiger partial charge in [0.1, 0.15) is 0 Å². The minimum absolute atomic E-state index is 0.151. The van der Waals surface area contributed by atoms with Crippen LogP contribution in [-0.2, 0) is 0 Å². The highest BCUT2D eigenvalue weighted by atomic mass is 15.0. The zero-order valence-electron chi connectivity index (χ0n) is 31.9. The van der Waals surface area contributed by atoms with Crippen molar-refractivity contribution in [2.24, 2.45) is 0 Å². The van der Waals surface area contributed by atoms with E-state index in [0.717, 1.165) is 60.5 Å². The third-order valence-electron chi connectivity index (χ3n) is 8.98. The van der Waals surface area contributed by atoms with Gasteiger partial charge in [-0.2, -0.15) is 0 Å². The van der Waals surface area contributed by atoms with Crippen LogP contribution in [0.2, 0.25) is 0 Å². The van der Waals surface area contributed by atoms with Gasteiger partial charge in [0.15, 0.2) is 17.5 Å². The summed E-state index contributed by atoms with van der Waals surface area (Å²) in [5.74, 6) is 1.55. The molecule has 50 heavy (non-hydrogen) atoms. The Bertz CT molecular complexity index is 2900. The Morgan fingerprint density at radius 3 is 1.62 bits per heavy atom. The van der Waals surface area contributed by atoms with E-state index in [0.29, 0.717) is 23.0 Å². The van der Waals surface area contributed by atoms with Crippen molar-refractivity contribution in [3.8, 4) is 67.5 Å². The summed E-state index contributed by atoms with van der Waals surface area (Å²) in [5, 5.41) is 4.02. The van der Waals surface area contributed by atoms with Crippen LogP contribution in [0.25, 0.3) is 89.1 Å². The number of rotatable bonds is 6. The molecule has 234 valence electrons. The van der Waals surface area contributed by atoms with Crippen molar-refractivity contribution in [1.29, 1.82) is 0 Å². The summed E-state index contributed by atoms with van der Waals surface area (Å²) >= 11 is 0. The molecule has 0 amide bonds. The maximum absolute atomic E-state index is 8.83. The molecule has 0 atom stereocenters. The van der Waals surface area contributed by atoms with Gasteiger partial charge in [-0.15, -0.1) is 0 Å². The minimum Gasteiger partial charge on any atom is -0.208 e. The van der Waals surface area contributed by atoms with E-state index in [2.05, 4.69) is 42.5 Å². The molecular weight excluding hydrogens is 607 g/mol. The molecule has 3 heteroatoms. The van der Waals surface area contributed by atoms with Crippen LogP contribution >= 0.6 is 0 Å². The fourth-order valence-electron chi connectivity index (χ4n) is 6.53. The van der Waals surface area contributed by atoms with Crippen LogP contribution in [0, 0.1) is 0 Å². The van der Waals surface area contributed by atoms with Crippen molar-refractivity contribution in [1.82, 2.24) is 15.0 Å². The van der Waals surface area contributed by atoms with Crippen LogP contribution in [-0.4, -0.2) is 15.0 Å². The lowest BCUT2D eigenvalue weighted by Crippen LogP contribution is -2.00. The fourth-order valence-corrected chi connectivity index (χ4v) is 6.53. The van der Waals surface area contributed by atoms with Gasteiger partial charge in [-0.3, -0.25) is 0 Å². The topological polar surface area (TPSA) is 38.7 Å². The first-order chi connectivity index (χ1) is 26.8. The molecular formula is C47H31N3. The smallest absolute Gasteiger partial charge is 0.164 e. The predicted molar refractivity (Wildman–Crippen MR) is 207 cm³/mol. The monoisotopic (exact) mass is 642 g/mol. The molecule has 0 spiro atoms. The molecule has 0 bridgehead atoms. The second kappa shape index (κ2) is 12.7. The van der Waals surface area contributed by atoms with Gasteiger partial charge < -0.3 is 0 Å². The molecule has 3 nitrogen and oxygen atoms in total. The van der Waals surface area contributed by atoms with Crippen LogP contribution in [0.1, 0.15) is 6.85 Å². The van der Waals surface area contributed by atoms with Crippen LogP contribution in [0.5, 0.6) is 0 Å². The van der Waals surface area contributed by atoms with Crippen molar-refractivity contribution in [3.05, 3.63) is 188 Å². The standard InChI is InChI=1S/C47H31N3/c1-4-13-32(14-5-1)36-23-24-38-30-41(26-25-37(38)29-36)47-49-45(35-18-8-3-9-19-35)48-46(50-47)40-21-12-20-39(31-40)44-42-22-11-10-17-34(42)27-28-43(44)33-15-6-2-7-16-33/h1-31H/i2D,6D,7D,15D,16D. The molecule has 1 heterocycles. The van der Waals surface area contributed by atoms with Crippen LogP contribution in [0.3, 0.4) is 0 Å². The van der Waals surface area contributed by atoms with Gasteiger partial charge in [0, 0.05) is 16.7 Å². The summed E-state index contributed by atoms with van der Waals surface area (Å²) in [6.07, 6.45) is 0. The molecule has 0 aliphatic rings. The van der Waals surface area contributed by atoms with Crippen LogP contribution < -0.4 is 0 Å². The first-order valence-electron chi connectivity index (χ1n) is 18.9. The Hall–Kier alpha value is -6.71. The lowest BCUT2D eigenvalue weighted by molar-refractivity contribution is 1.07. The second-order valence-electron chi connectivity index (χ2n) is 12.1. The number of hydrogen-bond donors (Lipinski definition) is 0. The first kappa shape index (κ1) is 24.4. The largest absolute Gasteiger partial charge is 0.208 e. The van der Waals surface area contributed by atoms with Crippen molar-refractivity contribution in [2.45, 2.75) is 0 Å². The quantitative estimate of drug-likeness (QED) is 0.181. The maximum atomic E-state index is 8.83. The Labute approximate surface area is 298 Å². The molecule has 0 aliphatic carbocycles. The molecule has 0 fully saturated rings. The molecule has 1 aromatic heterocycles. The molecule has 0 radical (unpaired) electrons. The number of aromatic nitrogens is 3. The van der Waals surface area contributed by atoms with E-state index in [-0.39, 0.29) is 29.7 Å². The average molecular weight is 643 g/mol. The third kappa shape index (κ3) is 5.61. The summed E-state index contributed by atoms with van der Waals surface area (Å²) < 4.78 is 42.7. The average Bonchev–Trinajstić information content (AvgIpc) is 3.25. The first-order valence-corrected chi connectivity index (χ1v) is 16.4. The van der Waals surface area contributed by atoms with Gasteiger partial charge in [-0.25, -0.2) is 15.0 Å². The SMILES string of the molecule is [2H]c1c([2H])c([2H])c(-c2ccc3ccccc3c2-c2cccc(-c3nc(-c4ccccc4)nc(-c4ccc5cc(-c6ccccc6)ccc5c4)n3)c2)c([2H])c1[2H]. The highest BCUT2D eigenvalue weighted by Gasteiger charge is 2.16. The Morgan fingerprint density at radius 2 is 0.880 bits per heavy atom. The lowest BCUT2D eigenvalue weighted by Gasteiger charge is -2.15. The summed E-state index contributed by atoms with van der Waals surface area (Å²) in [5.41, 5.74) is 7.00. The van der Waals surface area contributed by atoms with E-state index < -0.39 is 6.04 Å². The van der Waals surface area contributed by atoms with Crippen LogP contribution in [0.15, 0.2) is 188 Å². The fraction of sp³-hybridized carbons (Fsp3) is 0. The van der Waals surface area contributed by atoms with E-state index in [1.54, 1.807) is 0 Å². The van der Waals surface area contributed by atoms with E-state index in [1.807, 2.05) is 115 Å². The molecule has 0 unspecified atom stereocenters. The van der Waals surface area contributed by atoms with Crippen molar-refractivity contribution in [3.63, 3.8) is 0 Å². The third-order valence-corrected chi connectivity index (χ3v) is 8.98. The van der Waals surface area contributed by atoms with Gasteiger partial charge in [0.25, 0.3) is 0 Å². The molecule has 9 rings (SSSR count). The molecule has 9 aromatic rings. The lowest BCUT2D eigenvalue weighted by atomic mass is 9.89. The number of benzene rings is 8. The van der Waals surface area contributed by atoms with Crippen LogP contribution in [0.4, 0.5) is 0 Å². The van der Waals surface area contributed by atoms with Gasteiger partial charge >= 0.3 is 0 Å². The normalized spacial score (nSPS) is 12.6. The highest BCUT2D eigenvalue weighted by molar-refractivity contribution is 6.04. The summed E-state index contributed by atoms with van der Waals surface area (Å²) in [7, 11) is 0. The Morgan fingerprint density at radius 1 is 0.340 bits per heavy atom. The Kier molecular flexibility index (Phi) is 6.22. The molecule has 0 saturated heterocycles. The second-order valence-corrected chi connectivity index (χ2v) is 12.1. The molecule has 0 saturated carbocycles. The van der Waals surface area contributed by atoms with E-state index >= 15 is 0 Å². The summed E-state index contributed by atoms with van der Waals surface area (Å²) in [6.45, 7) is 0. The summed E-state index contributed by atoms with van der Waals surface area (Å²) in [4.78, 5) is 15.0. The van der Waals surface area contributed by atoms with Crippen molar-refractivity contribution >= 4 is 21.5 Å². The minimum atomic E-state index is -0.425. The van der Waals surface area contributed by atoms with Gasteiger partial charge in [0.2, 0.25) is 0 Å². The Balaban J connectivity index is 1.21. The zero-order valence-corrected chi connectivity index (χ0v) is 26.9. The number of fused-ring (bicyclic) bond motifs is 2. The zero-order chi connectivity index (χ0) is 37.6. The highest BCUT2D eigenvalue weighted by Crippen LogP contribution is 2.39. The van der Waals surface area contributed by atoms with Gasteiger partial charge in [0.05, 0.1) is 6.85 Å². The van der Waals surface area contributed by atoms with Gasteiger partial charge in [-0.1, -0.05) is 170 Å². The van der Waals surface area contributed by atoms with Gasteiger partial charge in [-0.05, 0) is 73.1 Å². The maximum Gasteiger partial charge on any atom is 0.164 e. The molecule has 0 aliphatic heterocycles. The van der Waals surface area contributed by atoms with E-state index in [4.69, 9.17) is 21.8 Å². The van der Waals surface area contributed by atoms with E-state index in [1.165, 1.54) is 0 Å². The number of hydrogen-bond acceptors (Lipinski definition) is 3. The predicted octanol–water partition coefficient (Wildman–Crippen LogP) is 12.2. The van der Waals surface area contributed by atoms with Crippen molar-refractivity contribution in [2.75, 3.05) is 0 Å². The number of nitrogens with zero attached hydrogens (tertiary/aromatic N) is 3. The molecule has 0 N–H and O–H groups in total. The van der Waals surface area contributed by atoms with Crippen molar-refractivity contribution < 1.29 is 6.85 Å². The van der Waals surface area contributed by atoms with E-state index in [9.17, 15) is 0 Å².